The Morgan fingerprint density at radius 1 is 1.31 bits per heavy atom. The molecule has 1 unspecified atom stereocenters. The smallest absolute Gasteiger partial charge is 0.321 e. The van der Waals surface area contributed by atoms with Crippen LogP contribution in [-0.4, -0.2) is 48.3 Å². The van der Waals surface area contributed by atoms with Crippen molar-refractivity contribution in [2.75, 3.05) is 25.6 Å². The zero-order valence-electron chi connectivity index (χ0n) is 14.8. The maximum atomic E-state index is 12.1. The van der Waals surface area contributed by atoms with Crippen molar-refractivity contribution in [2.45, 2.75) is 25.8 Å². The minimum Gasteiger partial charge on any atom is -0.480 e. The van der Waals surface area contributed by atoms with Crippen molar-refractivity contribution in [1.82, 2.24) is 10.3 Å². The zero-order chi connectivity index (χ0) is 18.9. The van der Waals surface area contributed by atoms with Crippen molar-refractivity contribution in [1.29, 1.82) is 0 Å². The van der Waals surface area contributed by atoms with Crippen molar-refractivity contribution in [3.05, 3.63) is 35.2 Å². The molecule has 1 heterocycles. The summed E-state index contributed by atoms with van der Waals surface area (Å²) in [5.74, 6) is -1.45. The number of amides is 1. The predicted molar refractivity (Wildman–Crippen MR) is 101 cm³/mol. The number of anilines is 1. The Morgan fingerprint density at radius 3 is 2.69 bits per heavy atom. The molecule has 1 aromatic heterocycles. The number of carbonyl (C=O) groups is 2. The van der Waals surface area contributed by atoms with Crippen molar-refractivity contribution in [3.8, 4) is 11.3 Å². The first-order valence-corrected chi connectivity index (χ1v) is 9.15. The van der Waals surface area contributed by atoms with Gasteiger partial charge in [0.15, 0.2) is 5.13 Å². The molecule has 0 spiro atoms. The number of rotatable bonds is 10. The van der Waals surface area contributed by atoms with E-state index in [1.807, 2.05) is 36.6 Å². The topological polar surface area (TPSA) is 101 Å². The lowest BCUT2D eigenvalue weighted by atomic mass is 10.1. The number of carboxylic acid groups (broad SMARTS) is 1. The number of thiazole rings is 1. The fourth-order valence-corrected chi connectivity index (χ4v) is 3.02. The highest BCUT2D eigenvalue weighted by Crippen LogP contribution is 2.25. The Kier molecular flexibility index (Phi) is 7.71. The highest BCUT2D eigenvalue weighted by atomic mass is 32.1. The number of carboxylic acids is 1. The van der Waals surface area contributed by atoms with Crippen molar-refractivity contribution in [3.63, 3.8) is 0 Å². The van der Waals surface area contributed by atoms with Crippen LogP contribution >= 0.6 is 11.3 Å². The molecule has 0 aliphatic carbocycles. The molecule has 0 saturated heterocycles. The molecule has 0 aliphatic rings. The Hall–Kier alpha value is -2.29. The Bertz CT molecular complexity index is 730. The summed E-state index contributed by atoms with van der Waals surface area (Å²) in [4.78, 5) is 27.8. The first-order valence-electron chi connectivity index (χ1n) is 8.27. The van der Waals surface area contributed by atoms with Crippen molar-refractivity contribution in [2.24, 2.45) is 0 Å². The normalized spacial score (nSPS) is 11.9. The van der Waals surface area contributed by atoms with E-state index in [1.54, 1.807) is 7.11 Å². The number of aromatic nitrogens is 1. The lowest BCUT2D eigenvalue weighted by Gasteiger charge is -2.13. The van der Waals surface area contributed by atoms with Gasteiger partial charge in [-0.2, -0.15) is 0 Å². The number of ether oxygens (including phenoxy) is 1. The first-order chi connectivity index (χ1) is 12.5. The molecule has 0 saturated carbocycles. The van der Waals surface area contributed by atoms with Gasteiger partial charge in [0.05, 0.1) is 12.1 Å². The number of aliphatic carboxylic acids is 1. The van der Waals surface area contributed by atoms with Crippen LogP contribution in [0, 0.1) is 6.92 Å². The van der Waals surface area contributed by atoms with Gasteiger partial charge in [-0.05, 0) is 19.9 Å². The summed E-state index contributed by atoms with van der Waals surface area (Å²) in [5.41, 5.74) is 2.91. The van der Waals surface area contributed by atoms with Crippen LogP contribution in [-0.2, 0) is 14.3 Å². The molecule has 0 aliphatic heterocycles. The van der Waals surface area contributed by atoms with Crippen LogP contribution in [0.4, 0.5) is 5.13 Å². The third-order valence-electron chi connectivity index (χ3n) is 3.70. The van der Waals surface area contributed by atoms with Crippen LogP contribution in [0.2, 0.25) is 0 Å². The van der Waals surface area contributed by atoms with Gasteiger partial charge < -0.3 is 20.5 Å². The maximum Gasteiger partial charge on any atom is 0.321 e. The van der Waals surface area contributed by atoms with E-state index in [-0.39, 0.29) is 12.3 Å². The van der Waals surface area contributed by atoms with Gasteiger partial charge in [0.25, 0.3) is 0 Å². The zero-order valence-corrected chi connectivity index (χ0v) is 15.6. The Labute approximate surface area is 156 Å². The lowest BCUT2D eigenvalue weighted by Crippen LogP contribution is -2.40. The van der Waals surface area contributed by atoms with E-state index in [0.717, 1.165) is 16.8 Å². The number of benzene rings is 1. The molecule has 8 heteroatoms. The SMILES string of the molecule is COCCCNC(CC(=O)Nc1nc(-c2ccc(C)cc2)cs1)C(=O)O. The fraction of sp³-hybridized carbons (Fsp3) is 0.389. The largest absolute Gasteiger partial charge is 0.480 e. The van der Waals surface area contributed by atoms with E-state index < -0.39 is 12.0 Å². The van der Waals surface area contributed by atoms with Gasteiger partial charge in [0.1, 0.15) is 6.04 Å². The second-order valence-electron chi connectivity index (χ2n) is 5.85. The molecular formula is C18H23N3O4S. The number of aryl methyl sites for hydroxylation is 1. The van der Waals surface area contributed by atoms with Crippen LogP contribution < -0.4 is 10.6 Å². The van der Waals surface area contributed by atoms with E-state index in [2.05, 4.69) is 15.6 Å². The van der Waals surface area contributed by atoms with Gasteiger partial charge in [-0.25, -0.2) is 4.98 Å². The number of methoxy groups -OCH3 is 1. The molecule has 1 atom stereocenters. The average Bonchev–Trinajstić information content (AvgIpc) is 3.06. The van der Waals surface area contributed by atoms with E-state index in [0.29, 0.717) is 24.7 Å². The van der Waals surface area contributed by atoms with Crippen LogP contribution in [0.25, 0.3) is 11.3 Å². The third kappa shape index (κ3) is 6.21. The number of hydrogen-bond acceptors (Lipinski definition) is 6. The molecule has 7 nitrogen and oxygen atoms in total. The summed E-state index contributed by atoms with van der Waals surface area (Å²) >= 11 is 1.31. The molecule has 2 rings (SSSR count). The van der Waals surface area contributed by atoms with Gasteiger partial charge in [0, 0.05) is 24.7 Å². The van der Waals surface area contributed by atoms with E-state index in [9.17, 15) is 14.7 Å². The summed E-state index contributed by atoms with van der Waals surface area (Å²) in [7, 11) is 1.58. The summed E-state index contributed by atoms with van der Waals surface area (Å²) in [6.45, 7) is 3.01. The average molecular weight is 377 g/mol. The van der Waals surface area contributed by atoms with Crippen molar-refractivity contribution >= 4 is 28.3 Å². The highest BCUT2D eigenvalue weighted by molar-refractivity contribution is 7.14. The molecule has 140 valence electrons. The number of nitrogens with zero attached hydrogens (tertiary/aromatic N) is 1. The second-order valence-corrected chi connectivity index (χ2v) is 6.71. The second kappa shape index (κ2) is 10.0. The Morgan fingerprint density at radius 2 is 2.04 bits per heavy atom. The molecule has 3 N–H and O–H groups in total. The van der Waals surface area contributed by atoms with Crippen LogP contribution in [0.5, 0.6) is 0 Å². The maximum absolute atomic E-state index is 12.1. The van der Waals surface area contributed by atoms with Gasteiger partial charge >= 0.3 is 5.97 Å². The van der Waals surface area contributed by atoms with Gasteiger partial charge in [-0.3, -0.25) is 9.59 Å². The number of hydrogen-bond donors (Lipinski definition) is 3. The van der Waals surface area contributed by atoms with E-state index in [4.69, 9.17) is 4.74 Å². The van der Waals surface area contributed by atoms with Crippen LogP contribution in [0.3, 0.4) is 0 Å². The first kappa shape index (κ1) is 20.0. The summed E-state index contributed by atoms with van der Waals surface area (Å²) in [6, 6.07) is 7.00. The van der Waals surface area contributed by atoms with Crippen LogP contribution in [0.1, 0.15) is 18.4 Å². The van der Waals surface area contributed by atoms with Crippen molar-refractivity contribution < 1.29 is 19.4 Å². The quantitative estimate of drug-likeness (QED) is 0.550. The summed E-state index contributed by atoms with van der Waals surface area (Å²) in [6.07, 6.45) is 0.510. The molecule has 1 aromatic carbocycles. The fourth-order valence-electron chi connectivity index (χ4n) is 2.28. The van der Waals surface area contributed by atoms with Crippen LogP contribution in [0.15, 0.2) is 29.6 Å². The monoisotopic (exact) mass is 377 g/mol. The summed E-state index contributed by atoms with van der Waals surface area (Å²) in [5, 5.41) is 17.1. The van der Waals surface area contributed by atoms with E-state index >= 15 is 0 Å². The van der Waals surface area contributed by atoms with Gasteiger partial charge in [-0.15, -0.1) is 11.3 Å². The molecule has 0 fully saturated rings. The standard InChI is InChI=1S/C18H23N3O4S/c1-12-4-6-13(7-5-12)15-11-26-18(20-15)21-16(22)10-14(17(23)24)19-8-3-9-25-2/h4-7,11,14,19H,3,8-10H2,1-2H3,(H,23,24)(H,20,21,22). The molecule has 26 heavy (non-hydrogen) atoms. The van der Waals surface area contributed by atoms with Gasteiger partial charge in [0.2, 0.25) is 5.91 Å². The third-order valence-corrected chi connectivity index (χ3v) is 4.46. The molecule has 2 aromatic rings. The molecular weight excluding hydrogens is 354 g/mol. The molecule has 0 radical (unpaired) electrons. The minimum absolute atomic E-state index is 0.165. The Balaban J connectivity index is 1.90. The van der Waals surface area contributed by atoms with E-state index in [1.165, 1.54) is 11.3 Å². The summed E-state index contributed by atoms with van der Waals surface area (Å²) < 4.78 is 4.92. The molecule has 1 amide bonds. The minimum atomic E-state index is -1.06. The molecule has 0 bridgehead atoms. The highest BCUT2D eigenvalue weighted by Gasteiger charge is 2.21. The predicted octanol–water partition coefficient (Wildman–Crippen LogP) is 2.53. The number of nitrogens with one attached hydrogen (secondary N) is 2. The number of carbonyl (C=O) groups excluding carboxylic acids is 1. The lowest BCUT2D eigenvalue weighted by molar-refractivity contribution is -0.141. The van der Waals surface area contributed by atoms with Gasteiger partial charge in [-0.1, -0.05) is 29.8 Å².